The van der Waals surface area contributed by atoms with E-state index in [1.807, 2.05) is 19.1 Å². The lowest BCUT2D eigenvalue weighted by atomic mass is 10.1. The third-order valence-electron chi connectivity index (χ3n) is 6.01. The Kier molecular flexibility index (Phi) is 7.67. The Morgan fingerprint density at radius 2 is 1.82 bits per heavy atom. The van der Waals surface area contributed by atoms with Gasteiger partial charge in [0.15, 0.2) is 17.4 Å². The van der Waals surface area contributed by atoms with E-state index >= 15 is 4.39 Å². The topological polar surface area (TPSA) is 141 Å². The largest absolute Gasteiger partial charge is 0.484 e. The number of hydrogen-bond donors (Lipinski definition) is 2. The summed E-state index contributed by atoms with van der Waals surface area (Å²) >= 11 is 1.38. The average Bonchev–Trinajstić information content (AvgIpc) is 3.35. The molecule has 2 N–H and O–H groups in total. The summed E-state index contributed by atoms with van der Waals surface area (Å²) in [5.74, 6) is 0.0564. The number of fused-ring (bicyclic) bond motifs is 2. The molecule has 206 valence electrons. The molecule has 0 aliphatic carbocycles. The lowest BCUT2D eigenvalue weighted by Crippen LogP contribution is -2.32. The summed E-state index contributed by atoms with van der Waals surface area (Å²) in [5, 5.41) is 12.2. The number of aliphatic hydroxyl groups excluding tert-OH is 1. The molecule has 0 saturated carbocycles. The number of carbonyl (C=O) groups excluding carboxylic acids is 1. The highest BCUT2D eigenvalue weighted by molar-refractivity contribution is 7.21. The minimum Gasteiger partial charge on any atom is -0.484 e. The van der Waals surface area contributed by atoms with Crippen molar-refractivity contribution in [2.75, 3.05) is 12.4 Å². The van der Waals surface area contributed by atoms with Crippen LogP contribution in [0.1, 0.15) is 25.2 Å². The molecule has 0 aliphatic rings. The Balaban J connectivity index is 1.32. The van der Waals surface area contributed by atoms with Crippen molar-refractivity contribution >= 4 is 44.4 Å². The van der Waals surface area contributed by atoms with Gasteiger partial charge in [-0.25, -0.2) is 34.1 Å². The van der Waals surface area contributed by atoms with E-state index in [-0.39, 0.29) is 18.2 Å². The Bertz CT molecular complexity index is 1700. The summed E-state index contributed by atoms with van der Waals surface area (Å²) in [6.07, 6.45) is 2.09. The summed E-state index contributed by atoms with van der Waals surface area (Å²) in [6, 6.07) is 6.79. The quantitative estimate of drug-likeness (QED) is 0.263. The molecule has 13 heteroatoms. The molecule has 2 atom stereocenters. The first kappa shape index (κ1) is 27.1. The van der Waals surface area contributed by atoms with E-state index in [4.69, 9.17) is 19.3 Å². The van der Waals surface area contributed by atoms with E-state index in [1.54, 1.807) is 26.1 Å². The zero-order valence-corrected chi connectivity index (χ0v) is 22.8. The zero-order chi connectivity index (χ0) is 28.4. The summed E-state index contributed by atoms with van der Waals surface area (Å²) in [7, 11) is 1.53. The van der Waals surface area contributed by atoms with Crippen molar-refractivity contribution < 1.29 is 28.5 Å². The predicted octanol–water partition coefficient (Wildman–Crippen LogP) is 5.05. The van der Waals surface area contributed by atoms with Crippen molar-refractivity contribution in [1.29, 1.82) is 0 Å². The Hall–Kier alpha value is -4.49. The van der Waals surface area contributed by atoms with Gasteiger partial charge >= 0.3 is 6.09 Å². The number of aromatic nitrogens is 5. The van der Waals surface area contributed by atoms with Gasteiger partial charge in [-0.15, -0.1) is 11.3 Å². The molecule has 3 aromatic heterocycles. The monoisotopic (exact) mass is 564 g/mol. The molecular formula is C27H25FN6O5S. The molecule has 0 spiro atoms. The highest BCUT2D eigenvalue weighted by Crippen LogP contribution is 2.37. The molecule has 5 aromatic rings. The van der Waals surface area contributed by atoms with E-state index < -0.39 is 24.1 Å². The molecule has 3 heterocycles. The lowest BCUT2D eigenvalue weighted by Gasteiger charge is -2.22. The van der Waals surface area contributed by atoms with Crippen molar-refractivity contribution in [3.8, 4) is 22.2 Å². The molecule has 2 aromatic carbocycles. The van der Waals surface area contributed by atoms with Crippen LogP contribution in [0.25, 0.3) is 31.8 Å². The van der Waals surface area contributed by atoms with Gasteiger partial charge in [0.1, 0.15) is 23.8 Å². The Morgan fingerprint density at radius 3 is 2.55 bits per heavy atom. The fourth-order valence-corrected chi connectivity index (χ4v) is 4.85. The number of benzene rings is 2. The van der Waals surface area contributed by atoms with Gasteiger partial charge in [0, 0.05) is 17.7 Å². The fourth-order valence-electron chi connectivity index (χ4n) is 3.85. The minimum atomic E-state index is -0.752. The minimum absolute atomic E-state index is 0.0117. The van der Waals surface area contributed by atoms with Crippen LogP contribution in [0, 0.1) is 12.7 Å². The maximum absolute atomic E-state index is 15.0. The molecule has 11 nitrogen and oxygen atoms in total. The van der Waals surface area contributed by atoms with Crippen molar-refractivity contribution in [3.63, 3.8) is 0 Å². The first-order valence-corrected chi connectivity index (χ1v) is 13.0. The number of halogens is 1. The number of methoxy groups -OCH3 is 1. The van der Waals surface area contributed by atoms with Gasteiger partial charge < -0.3 is 19.3 Å². The summed E-state index contributed by atoms with van der Waals surface area (Å²) < 4.78 is 32.1. The zero-order valence-electron chi connectivity index (χ0n) is 22.0. The Morgan fingerprint density at radius 1 is 1.05 bits per heavy atom. The van der Waals surface area contributed by atoms with Crippen molar-refractivity contribution in [2.24, 2.45) is 0 Å². The van der Waals surface area contributed by atoms with Gasteiger partial charge in [0.25, 0.3) is 0 Å². The van der Waals surface area contributed by atoms with Gasteiger partial charge in [0.2, 0.25) is 5.88 Å². The van der Waals surface area contributed by atoms with Gasteiger partial charge in [0.05, 0.1) is 52.6 Å². The first-order chi connectivity index (χ1) is 19.2. The van der Waals surface area contributed by atoms with E-state index in [0.29, 0.717) is 37.8 Å². The number of carbonyl (C=O) groups is 1. The third kappa shape index (κ3) is 5.75. The number of thiazole rings is 1. The van der Waals surface area contributed by atoms with Crippen molar-refractivity contribution in [2.45, 2.75) is 39.6 Å². The molecule has 0 unspecified atom stereocenters. The summed E-state index contributed by atoms with van der Waals surface area (Å²) in [6.45, 7) is 4.95. The number of amides is 1. The molecule has 5 rings (SSSR count). The number of nitrogens with zero attached hydrogens (tertiary/aromatic N) is 5. The Labute approximate surface area is 232 Å². The molecule has 0 fully saturated rings. The highest BCUT2D eigenvalue weighted by atomic mass is 32.1. The van der Waals surface area contributed by atoms with Gasteiger partial charge in [-0.3, -0.25) is 5.32 Å². The smallest absolute Gasteiger partial charge is 0.412 e. The number of hydrogen-bond acceptors (Lipinski definition) is 11. The second-order valence-electron chi connectivity index (χ2n) is 8.97. The van der Waals surface area contributed by atoms with Crippen LogP contribution < -0.4 is 14.8 Å². The van der Waals surface area contributed by atoms with E-state index in [9.17, 15) is 4.79 Å². The van der Waals surface area contributed by atoms with Crippen LogP contribution in [-0.2, 0) is 11.3 Å². The number of aliphatic hydroxyl groups is 1. The maximum atomic E-state index is 15.0. The molecule has 0 bridgehead atoms. The number of rotatable bonds is 8. The second kappa shape index (κ2) is 11.3. The van der Waals surface area contributed by atoms with Crippen molar-refractivity contribution in [1.82, 2.24) is 24.9 Å². The molecule has 0 saturated heterocycles. The average molecular weight is 565 g/mol. The summed E-state index contributed by atoms with van der Waals surface area (Å²) in [4.78, 5) is 33.7. The second-order valence-corrected chi connectivity index (χ2v) is 10.00. The third-order valence-corrected chi connectivity index (χ3v) is 7.06. The summed E-state index contributed by atoms with van der Waals surface area (Å²) in [5.41, 5.74) is 3.87. The predicted molar refractivity (Wildman–Crippen MR) is 147 cm³/mol. The normalized spacial score (nSPS) is 12.8. The van der Waals surface area contributed by atoms with Gasteiger partial charge in [-0.05, 0) is 38.5 Å². The van der Waals surface area contributed by atoms with Crippen LogP contribution in [0.5, 0.6) is 11.6 Å². The number of anilines is 1. The molecule has 40 heavy (non-hydrogen) atoms. The van der Waals surface area contributed by atoms with Crippen LogP contribution in [0.2, 0.25) is 0 Å². The highest BCUT2D eigenvalue weighted by Gasteiger charge is 2.22. The first-order valence-electron chi connectivity index (χ1n) is 12.2. The van der Waals surface area contributed by atoms with Crippen molar-refractivity contribution in [3.05, 3.63) is 60.1 Å². The van der Waals surface area contributed by atoms with E-state index in [2.05, 4.69) is 30.2 Å². The fraction of sp³-hybridized carbons (Fsp3) is 0.259. The molecule has 0 radical (unpaired) electrons. The van der Waals surface area contributed by atoms with Gasteiger partial charge in [-0.2, -0.15) is 0 Å². The van der Waals surface area contributed by atoms with Crippen LogP contribution in [0.4, 0.5) is 14.9 Å². The van der Waals surface area contributed by atoms with Gasteiger partial charge in [-0.1, -0.05) is 0 Å². The maximum Gasteiger partial charge on any atom is 0.412 e. The lowest BCUT2D eigenvalue weighted by molar-refractivity contribution is 0.0402. The van der Waals surface area contributed by atoms with Crippen LogP contribution >= 0.6 is 11.3 Å². The van der Waals surface area contributed by atoms with E-state index in [1.165, 1.54) is 36.9 Å². The molecule has 1 amide bonds. The molecule has 0 aliphatic heterocycles. The van der Waals surface area contributed by atoms with Crippen LogP contribution in [-0.4, -0.2) is 55.4 Å². The molecular weight excluding hydrogens is 539 g/mol. The van der Waals surface area contributed by atoms with Crippen LogP contribution in [0.3, 0.4) is 0 Å². The number of nitrogens with one attached hydrogen (secondary N) is 1. The number of aryl methyl sites for hydroxylation is 1. The number of ether oxygens (including phenoxy) is 3. The standard InChI is InChI=1S/C27H25FN6O5S/c1-13-5-17(25-20(6-13)33-24(37-4)11-31-25)26-34-19-7-18(28)21(8-22(19)40-26)38-14(2)15(3)39-27(36)32-16-9-29-23(12-35)30-10-16/h5-11,14-15,35H,12H2,1-4H3,(H,32,36)/t14-,15+/m0/s1. The SMILES string of the molecule is COc1cnc2c(-c3nc4cc(F)c(O[C@@H](C)[C@@H](C)OC(=O)Nc5cnc(CO)nc5)cc4s3)cc(C)cc2n1. The van der Waals surface area contributed by atoms with Crippen LogP contribution in [0.15, 0.2) is 42.9 Å². The van der Waals surface area contributed by atoms with E-state index in [0.717, 1.165) is 11.1 Å².